The van der Waals surface area contributed by atoms with Gasteiger partial charge in [-0.25, -0.2) is 9.18 Å². The van der Waals surface area contributed by atoms with Gasteiger partial charge in [-0.15, -0.1) is 0 Å². The summed E-state index contributed by atoms with van der Waals surface area (Å²) in [7, 11) is 1.33. The summed E-state index contributed by atoms with van der Waals surface area (Å²) < 4.78 is 21.0. The lowest BCUT2D eigenvalue weighted by molar-refractivity contribution is -0.137. The number of carboxylic acid groups (broad SMARTS) is 1. The van der Waals surface area contributed by atoms with Gasteiger partial charge in [-0.2, -0.15) is 0 Å². The molecular formula is C24H26FN3O5. The molecule has 0 saturated carbocycles. The van der Waals surface area contributed by atoms with Crippen LogP contribution in [0, 0.1) is 12.7 Å². The topological polar surface area (TPSA) is 113 Å². The Morgan fingerprint density at radius 1 is 1.18 bits per heavy atom. The number of benzene rings is 2. The maximum atomic E-state index is 14.9. The van der Waals surface area contributed by atoms with E-state index in [1.54, 1.807) is 13.0 Å². The fraction of sp³-hybridized carbons (Fsp3) is 0.292. The van der Waals surface area contributed by atoms with Crippen LogP contribution in [0.25, 0.3) is 11.1 Å². The first-order valence-electron chi connectivity index (χ1n) is 10.5. The largest absolute Gasteiger partial charge is 0.494 e. The Labute approximate surface area is 189 Å². The third-order valence-electron chi connectivity index (χ3n) is 5.35. The third kappa shape index (κ3) is 5.56. The molecule has 174 valence electrons. The zero-order chi connectivity index (χ0) is 24.0. The molecule has 0 aliphatic heterocycles. The zero-order valence-electron chi connectivity index (χ0n) is 18.4. The van der Waals surface area contributed by atoms with Gasteiger partial charge in [0.1, 0.15) is 0 Å². The SMILES string of the molecule is COc1cccc(-c2c(C)[nH]c(=O)n(CC(NCCCC(=O)O)c3ccccc3)c2=O)c1F. The third-order valence-corrected chi connectivity index (χ3v) is 5.35. The quantitative estimate of drug-likeness (QED) is 0.405. The highest BCUT2D eigenvalue weighted by Crippen LogP contribution is 2.28. The van der Waals surface area contributed by atoms with E-state index in [2.05, 4.69) is 10.3 Å². The van der Waals surface area contributed by atoms with Gasteiger partial charge in [-0.05, 0) is 31.5 Å². The summed E-state index contributed by atoms with van der Waals surface area (Å²) in [5, 5.41) is 12.1. The lowest BCUT2D eigenvalue weighted by Crippen LogP contribution is -2.41. The molecule has 3 N–H and O–H groups in total. The first-order valence-corrected chi connectivity index (χ1v) is 10.5. The van der Waals surface area contributed by atoms with Crippen LogP contribution < -0.4 is 21.3 Å². The van der Waals surface area contributed by atoms with Crippen LogP contribution >= 0.6 is 0 Å². The highest BCUT2D eigenvalue weighted by atomic mass is 19.1. The van der Waals surface area contributed by atoms with Crippen molar-refractivity contribution in [1.29, 1.82) is 0 Å². The number of ether oxygens (including phenoxy) is 1. The van der Waals surface area contributed by atoms with Crippen molar-refractivity contribution in [2.45, 2.75) is 32.4 Å². The van der Waals surface area contributed by atoms with E-state index in [1.807, 2.05) is 30.3 Å². The number of hydrogen-bond donors (Lipinski definition) is 3. The fourth-order valence-corrected chi connectivity index (χ4v) is 3.69. The number of rotatable bonds is 10. The average molecular weight is 455 g/mol. The second kappa shape index (κ2) is 10.7. The summed E-state index contributed by atoms with van der Waals surface area (Å²) in [6, 6.07) is 13.3. The van der Waals surface area contributed by atoms with Crippen LogP contribution in [0.5, 0.6) is 5.75 Å². The molecule has 1 atom stereocenters. The van der Waals surface area contributed by atoms with Gasteiger partial charge < -0.3 is 20.1 Å². The first-order chi connectivity index (χ1) is 15.8. The minimum Gasteiger partial charge on any atom is -0.494 e. The number of carbonyl (C=O) groups is 1. The number of aliphatic carboxylic acids is 1. The van der Waals surface area contributed by atoms with Crippen molar-refractivity contribution in [2.24, 2.45) is 0 Å². The summed E-state index contributed by atoms with van der Waals surface area (Å²) in [5.74, 6) is -1.60. The van der Waals surface area contributed by atoms with Crippen LogP contribution in [0.4, 0.5) is 4.39 Å². The number of halogens is 1. The van der Waals surface area contributed by atoms with Crippen LogP contribution in [0.15, 0.2) is 58.1 Å². The van der Waals surface area contributed by atoms with E-state index in [1.165, 1.54) is 19.2 Å². The molecule has 33 heavy (non-hydrogen) atoms. The molecule has 1 heterocycles. The highest BCUT2D eigenvalue weighted by Gasteiger charge is 2.21. The molecule has 0 amide bonds. The van der Waals surface area contributed by atoms with E-state index in [9.17, 15) is 18.8 Å². The molecule has 9 heteroatoms. The molecule has 0 aliphatic rings. The van der Waals surface area contributed by atoms with E-state index in [0.29, 0.717) is 13.0 Å². The molecule has 3 aromatic rings. The van der Waals surface area contributed by atoms with Gasteiger partial charge in [0.15, 0.2) is 11.6 Å². The van der Waals surface area contributed by atoms with Gasteiger partial charge >= 0.3 is 11.7 Å². The first kappa shape index (κ1) is 23.9. The lowest BCUT2D eigenvalue weighted by atomic mass is 10.0. The van der Waals surface area contributed by atoms with Crippen molar-refractivity contribution in [3.63, 3.8) is 0 Å². The zero-order valence-corrected chi connectivity index (χ0v) is 18.4. The summed E-state index contributed by atoms with van der Waals surface area (Å²) in [5.41, 5.74) is -0.0846. The van der Waals surface area contributed by atoms with Gasteiger partial charge in [-0.3, -0.25) is 14.2 Å². The summed E-state index contributed by atoms with van der Waals surface area (Å²) in [6.07, 6.45) is 0.386. The monoisotopic (exact) mass is 455 g/mol. The van der Waals surface area contributed by atoms with Crippen molar-refractivity contribution >= 4 is 5.97 Å². The average Bonchev–Trinajstić information content (AvgIpc) is 2.79. The molecule has 0 bridgehead atoms. The normalized spacial score (nSPS) is 11.8. The Kier molecular flexibility index (Phi) is 7.78. The summed E-state index contributed by atoms with van der Waals surface area (Å²) >= 11 is 0. The van der Waals surface area contributed by atoms with E-state index in [-0.39, 0.29) is 35.5 Å². The number of aromatic amines is 1. The van der Waals surface area contributed by atoms with Gasteiger partial charge in [0, 0.05) is 17.7 Å². The van der Waals surface area contributed by atoms with Crippen LogP contribution in [-0.2, 0) is 11.3 Å². The molecular weight excluding hydrogens is 429 g/mol. The lowest BCUT2D eigenvalue weighted by Gasteiger charge is -2.21. The Morgan fingerprint density at radius 2 is 1.91 bits per heavy atom. The van der Waals surface area contributed by atoms with Crippen molar-refractivity contribution < 1.29 is 19.0 Å². The minimum absolute atomic E-state index is 0.00115. The summed E-state index contributed by atoms with van der Waals surface area (Å²) in [4.78, 5) is 39.6. The molecule has 3 rings (SSSR count). The molecule has 0 aliphatic carbocycles. The minimum atomic E-state index is -0.899. The predicted molar refractivity (Wildman–Crippen MR) is 122 cm³/mol. The van der Waals surface area contributed by atoms with E-state index in [0.717, 1.165) is 10.1 Å². The number of H-pyrrole nitrogens is 1. The smallest absolute Gasteiger partial charge is 0.328 e. The van der Waals surface area contributed by atoms with Crippen LogP contribution in [0.1, 0.15) is 30.1 Å². The van der Waals surface area contributed by atoms with Gasteiger partial charge in [0.05, 0.1) is 25.3 Å². The molecule has 0 spiro atoms. The number of methoxy groups -OCH3 is 1. The maximum absolute atomic E-state index is 14.9. The van der Waals surface area contributed by atoms with Gasteiger partial charge in [0.25, 0.3) is 5.56 Å². The Morgan fingerprint density at radius 3 is 2.58 bits per heavy atom. The number of aromatic nitrogens is 2. The molecule has 8 nitrogen and oxygen atoms in total. The van der Waals surface area contributed by atoms with E-state index < -0.39 is 29.1 Å². The van der Waals surface area contributed by atoms with Gasteiger partial charge in [-0.1, -0.05) is 42.5 Å². The number of aryl methyl sites for hydroxylation is 1. The standard InChI is InChI=1S/C24H26FN3O5/c1-15-21(17-10-6-11-19(33-2)22(17)25)23(31)28(24(32)27-15)14-18(16-8-4-3-5-9-16)26-13-7-12-20(29)30/h3-6,8-11,18,26H,7,12-14H2,1-2H3,(H,27,32)(H,29,30). The number of nitrogens with zero attached hydrogens (tertiary/aromatic N) is 1. The highest BCUT2D eigenvalue weighted by molar-refractivity contribution is 5.67. The number of nitrogens with one attached hydrogen (secondary N) is 2. The number of carboxylic acids is 1. The van der Waals surface area contributed by atoms with Crippen molar-refractivity contribution in [3.8, 4) is 16.9 Å². The van der Waals surface area contributed by atoms with E-state index >= 15 is 0 Å². The second-order valence-corrected chi connectivity index (χ2v) is 7.58. The van der Waals surface area contributed by atoms with Crippen molar-refractivity contribution in [1.82, 2.24) is 14.9 Å². The molecule has 0 saturated heterocycles. The van der Waals surface area contributed by atoms with Crippen molar-refractivity contribution in [3.05, 3.63) is 86.4 Å². The molecule has 0 radical (unpaired) electrons. The predicted octanol–water partition coefficient (Wildman–Crippen LogP) is 2.86. The van der Waals surface area contributed by atoms with Gasteiger partial charge in [0.2, 0.25) is 0 Å². The molecule has 1 aromatic heterocycles. The van der Waals surface area contributed by atoms with E-state index in [4.69, 9.17) is 9.84 Å². The maximum Gasteiger partial charge on any atom is 0.328 e. The Balaban J connectivity index is 2.02. The number of hydrogen-bond acceptors (Lipinski definition) is 5. The Hall–Kier alpha value is -3.72. The molecule has 2 aromatic carbocycles. The Bertz CT molecular complexity index is 1240. The van der Waals surface area contributed by atoms with Crippen LogP contribution in [0.2, 0.25) is 0 Å². The van der Waals surface area contributed by atoms with Crippen LogP contribution in [0.3, 0.4) is 0 Å². The summed E-state index contributed by atoms with van der Waals surface area (Å²) in [6.45, 7) is 1.89. The van der Waals surface area contributed by atoms with Crippen molar-refractivity contribution in [2.75, 3.05) is 13.7 Å². The molecule has 0 fully saturated rings. The molecule has 1 unspecified atom stereocenters. The van der Waals surface area contributed by atoms with Crippen LogP contribution in [-0.4, -0.2) is 34.3 Å². The fourth-order valence-electron chi connectivity index (χ4n) is 3.69. The second-order valence-electron chi connectivity index (χ2n) is 7.58.